The number of ether oxygens (including phenoxy) is 1. The summed E-state index contributed by atoms with van der Waals surface area (Å²) in [6.45, 7) is 4.49. The van der Waals surface area contributed by atoms with E-state index in [1.165, 1.54) is 0 Å². The Morgan fingerprint density at radius 1 is 1.00 bits per heavy atom. The number of hydrogen-bond donors (Lipinski definition) is 2. The minimum atomic E-state index is -0.324. The number of anilines is 1. The number of benzene rings is 2. The molecule has 1 amide bonds. The third kappa shape index (κ3) is 7.73. The van der Waals surface area contributed by atoms with Crippen LogP contribution < -0.4 is 10.6 Å². The lowest BCUT2D eigenvalue weighted by atomic mass is 9.99. The average Bonchev–Trinajstić information content (AvgIpc) is 3.47. The predicted molar refractivity (Wildman–Crippen MR) is 149 cm³/mol. The highest BCUT2D eigenvalue weighted by Gasteiger charge is 2.15. The van der Waals surface area contributed by atoms with E-state index in [9.17, 15) is 9.59 Å². The van der Waals surface area contributed by atoms with Gasteiger partial charge in [0.2, 0.25) is 5.82 Å². The van der Waals surface area contributed by atoms with Crippen molar-refractivity contribution < 1.29 is 18.8 Å². The number of carbonyl (C=O) groups excluding carboxylic acids is 2. The van der Waals surface area contributed by atoms with E-state index < -0.39 is 0 Å². The Labute approximate surface area is 228 Å². The van der Waals surface area contributed by atoms with Gasteiger partial charge in [0.05, 0.1) is 19.1 Å². The maximum Gasteiger partial charge on any atom is 0.307 e. The fraction of sp³-hybridized carbons (Fsp3) is 0.300. The van der Waals surface area contributed by atoms with Gasteiger partial charge in [-0.1, -0.05) is 55.3 Å². The van der Waals surface area contributed by atoms with E-state index in [1.54, 1.807) is 25.3 Å². The van der Waals surface area contributed by atoms with Crippen molar-refractivity contribution in [2.24, 2.45) is 0 Å². The standard InChI is InChI=1S/C30H33N5O4/c1-3-5-8-25(33-24-16-14-23(15-17-24)29(37)32-20-18-27(36)38-4-2)21-10-12-22(13-11-21)28-34-30(39-35-28)26-9-6-7-19-31-26/h6-7,9-17,19,25,33H,3-5,8,18,20H2,1-2H3,(H,32,37)/t25-/m0/s1. The first-order valence-corrected chi connectivity index (χ1v) is 13.2. The number of nitrogens with zero attached hydrogens (tertiary/aromatic N) is 3. The zero-order valence-corrected chi connectivity index (χ0v) is 22.2. The predicted octanol–water partition coefficient (Wildman–Crippen LogP) is 5.83. The molecular formula is C30H33N5O4. The van der Waals surface area contributed by atoms with Crippen LogP contribution in [0.5, 0.6) is 0 Å². The summed E-state index contributed by atoms with van der Waals surface area (Å²) in [6, 6.07) is 21.1. The fourth-order valence-electron chi connectivity index (χ4n) is 4.06. The molecule has 0 aliphatic carbocycles. The van der Waals surface area contributed by atoms with Crippen LogP contribution in [0.3, 0.4) is 0 Å². The molecule has 2 N–H and O–H groups in total. The number of unbranched alkanes of at least 4 members (excludes halogenated alkanes) is 1. The Bertz CT molecular complexity index is 1340. The fourth-order valence-corrected chi connectivity index (χ4v) is 4.06. The van der Waals surface area contributed by atoms with E-state index in [-0.39, 0.29) is 30.9 Å². The number of rotatable bonds is 13. The molecule has 2 aromatic carbocycles. The van der Waals surface area contributed by atoms with Crippen molar-refractivity contribution >= 4 is 17.6 Å². The molecule has 0 aliphatic rings. The second-order valence-corrected chi connectivity index (χ2v) is 8.99. The van der Waals surface area contributed by atoms with Crippen molar-refractivity contribution in [3.05, 3.63) is 84.1 Å². The Hall–Kier alpha value is -4.53. The van der Waals surface area contributed by atoms with Crippen LogP contribution in [0.15, 0.2) is 77.4 Å². The summed E-state index contributed by atoms with van der Waals surface area (Å²) in [5.74, 6) is 0.344. The lowest BCUT2D eigenvalue weighted by Crippen LogP contribution is -2.26. The number of amides is 1. The largest absolute Gasteiger partial charge is 0.466 e. The van der Waals surface area contributed by atoms with Gasteiger partial charge in [-0.25, -0.2) is 0 Å². The summed E-state index contributed by atoms with van der Waals surface area (Å²) in [5.41, 5.74) is 4.08. The summed E-state index contributed by atoms with van der Waals surface area (Å²) in [6.07, 6.45) is 4.95. The van der Waals surface area contributed by atoms with Crippen molar-refractivity contribution in [3.8, 4) is 23.0 Å². The molecule has 9 heteroatoms. The first-order valence-electron chi connectivity index (χ1n) is 13.2. The molecule has 0 saturated carbocycles. The normalized spacial score (nSPS) is 11.5. The monoisotopic (exact) mass is 527 g/mol. The molecule has 0 aliphatic heterocycles. The van der Waals surface area contributed by atoms with Gasteiger partial charge in [-0.2, -0.15) is 4.98 Å². The summed E-state index contributed by atoms with van der Waals surface area (Å²) in [4.78, 5) is 32.6. The molecular weight excluding hydrogens is 494 g/mol. The van der Waals surface area contributed by atoms with Gasteiger partial charge < -0.3 is 19.9 Å². The van der Waals surface area contributed by atoms with Gasteiger partial charge in [0.1, 0.15) is 5.69 Å². The van der Waals surface area contributed by atoms with Crippen LogP contribution >= 0.6 is 0 Å². The average molecular weight is 528 g/mol. The topological polar surface area (TPSA) is 119 Å². The van der Waals surface area contributed by atoms with Crippen molar-refractivity contribution in [3.63, 3.8) is 0 Å². The number of esters is 1. The molecule has 39 heavy (non-hydrogen) atoms. The molecule has 1 atom stereocenters. The van der Waals surface area contributed by atoms with Crippen molar-refractivity contribution in [2.45, 2.75) is 45.6 Å². The van der Waals surface area contributed by atoms with Crippen molar-refractivity contribution in [2.75, 3.05) is 18.5 Å². The molecule has 0 bridgehead atoms. The Morgan fingerprint density at radius 2 is 1.79 bits per heavy atom. The molecule has 0 saturated heterocycles. The second-order valence-electron chi connectivity index (χ2n) is 8.99. The molecule has 9 nitrogen and oxygen atoms in total. The summed E-state index contributed by atoms with van der Waals surface area (Å²) in [7, 11) is 0. The molecule has 0 fully saturated rings. The van der Waals surface area contributed by atoms with E-state index in [0.29, 0.717) is 29.6 Å². The zero-order valence-electron chi connectivity index (χ0n) is 22.2. The van der Waals surface area contributed by atoms with Crippen LogP contribution in [-0.4, -0.2) is 40.2 Å². The minimum Gasteiger partial charge on any atom is -0.466 e. The van der Waals surface area contributed by atoms with Crippen LogP contribution in [-0.2, 0) is 9.53 Å². The molecule has 4 aromatic rings. The second kappa shape index (κ2) is 13.9. The van der Waals surface area contributed by atoms with Gasteiger partial charge in [0.25, 0.3) is 11.8 Å². The number of hydrogen-bond acceptors (Lipinski definition) is 8. The number of nitrogens with one attached hydrogen (secondary N) is 2. The minimum absolute atomic E-state index is 0.0950. The highest BCUT2D eigenvalue weighted by molar-refractivity contribution is 5.94. The van der Waals surface area contributed by atoms with Gasteiger partial charge in [0.15, 0.2) is 0 Å². The van der Waals surface area contributed by atoms with Gasteiger partial charge in [-0.05, 0) is 55.3 Å². The number of carbonyl (C=O) groups is 2. The van der Waals surface area contributed by atoms with E-state index in [0.717, 1.165) is 36.1 Å². The number of aromatic nitrogens is 3. The first-order chi connectivity index (χ1) is 19.1. The quantitative estimate of drug-likeness (QED) is 0.209. The summed E-state index contributed by atoms with van der Waals surface area (Å²) < 4.78 is 10.3. The van der Waals surface area contributed by atoms with Crippen LogP contribution in [0, 0.1) is 0 Å². The third-order valence-corrected chi connectivity index (χ3v) is 6.14. The SMILES string of the molecule is CCCC[C@H](Nc1ccc(C(=O)NCCC(=O)OCC)cc1)c1ccc(-c2noc(-c3ccccn3)n2)cc1. The smallest absolute Gasteiger partial charge is 0.307 e. The van der Waals surface area contributed by atoms with E-state index in [1.807, 2.05) is 42.5 Å². The highest BCUT2D eigenvalue weighted by Crippen LogP contribution is 2.28. The lowest BCUT2D eigenvalue weighted by Gasteiger charge is -2.21. The van der Waals surface area contributed by atoms with Crippen LogP contribution in [0.25, 0.3) is 23.0 Å². The first kappa shape index (κ1) is 27.5. The van der Waals surface area contributed by atoms with Crippen molar-refractivity contribution in [1.29, 1.82) is 0 Å². The van der Waals surface area contributed by atoms with Gasteiger partial charge in [-0.15, -0.1) is 0 Å². The third-order valence-electron chi connectivity index (χ3n) is 6.14. The highest BCUT2D eigenvalue weighted by atomic mass is 16.5. The molecule has 0 spiro atoms. The molecule has 4 rings (SSSR count). The van der Waals surface area contributed by atoms with Crippen LogP contribution in [0.1, 0.15) is 61.5 Å². The van der Waals surface area contributed by atoms with E-state index >= 15 is 0 Å². The molecule has 202 valence electrons. The Balaban J connectivity index is 1.39. The van der Waals surface area contributed by atoms with Crippen LogP contribution in [0.2, 0.25) is 0 Å². The molecule has 2 heterocycles. The Morgan fingerprint density at radius 3 is 2.49 bits per heavy atom. The summed E-state index contributed by atoms with van der Waals surface area (Å²) >= 11 is 0. The van der Waals surface area contributed by atoms with E-state index in [2.05, 4.69) is 44.8 Å². The lowest BCUT2D eigenvalue weighted by molar-refractivity contribution is -0.142. The van der Waals surface area contributed by atoms with Gasteiger partial charge in [0, 0.05) is 29.6 Å². The van der Waals surface area contributed by atoms with Gasteiger partial charge in [-0.3, -0.25) is 14.6 Å². The molecule has 2 aromatic heterocycles. The maximum absolute atomic E-state index is 12.4. The Kier molecular flexibility index (Phi) is 9.77. The summed E-state index contributed by atoms with van der Waals surface area (Å²) in [5, 5.41) is 10.5. The molecule has 0 radical (unpaired) electrons. The maximum atomic E-state index is 12.4. The number of pyridine rings is 1. The van der Waals surface area contributed by atoms with Gasteiger partial charge >= 0.3 is 5.97 Å². The van der Waals surface area contributed by atoms with Crippen LogP contribution in [0.4, 0.5) is 5.69 Å². The van der Waals surface area contributed by atoms with E-state index in [4.69, 9.17) is 9.26 Å². The zero-order chi connectivity index (χ0) is 27.5. The molecule has 0 unspecified atom stereocenters. The van der Waals surface area contributed by atoms with Crippen molar-refractivity contribution in [1.82, 2.24) is 20.4 Å².